The molecule has 8 rings (SSSR count). The number of hydrogen-bond acceptors (Lipinski definition) is 7. The monoisotopic (exact) mass is 812 g/mol. The average molecular weight is 813 g/mol. The minimum atomic E-state index is -5.10. The Morgan fingerprint density at radius 2 is 1.41 bits per heavy atom. The van der Waals surface area contributed by atoms with E-state index in [9.17, 15) is 4.79 Å². The van der Waals surface area contributed by atoms with Crippen molar-refractivity contribution < 1.29 is 41.0 Å². The standard InChI is InChI=1S/C46H45F5N4O4/c1-26-40(46(49,50)51)34(22-39(41(26)48)53(23-30-11-15-32(57-4)16-12-30)24-31-13-17-33(58-5)18-14-31)42-36(47)21-35-44(52-42)59-28(3)43-38-20-19-37(27(2)55(43)45(35)56)54(38)25-29-9-7-6-8-10-29/h6-18,21-22,27-28,37-38,43H,19-20,23-25H2,1-5H3/t27-,28+,37-,38+,43-/m1/s1. The van der Waals surface area contributed by atoms with Crippen molar-refractivity contribution in [2.75, 3.05) is 19.1 Å². The zero-order chi connectivity index (χ0) is 41.7. The molecule has 1 aromatic heterocycles. The molecule has 0 N–H and O–H groups in total. The molecule has 4 heterocycles. The fourth-order valence-electron chi connectivity index (χ4n) is 9.31. The first kappa shape index (κ1) is 40.1. The van der Waals surface area contributed by atoms with Crippen LogP contribution in [0, 0.1) is 18.6 Å². The Hall–Kier alpha value is -5.69. The highest BCUT2D eigenvalue weighted by atomic mass is 19.4. The highest BCUT2D eigenvalue weighted by Gasteiger charge is 2.55. The largest absolute Gasteiger partial charge is 0.497 e. The summed E-state index contributed by atoms with van der Waals surface area (Å²) >= 11 is 0. The van der Waals surface area contributed by atoms with Gasteiger partial charge in [-0.05, 0) is 92.3 Å². The van der Waals surface area contributed by atoms with E-state index in [1.807, 2.05) is 32.0 Å². The van der Waals surface area contributed by atoms with Crippen LogP contribution >= 0.6 is 0 Å². The molecule has 0 radical (unpaired) electrons. The van der Waals surface area contributed by atoms with Crippen molar-refractivity contribution >= 4 is 11.6 Å². The molecular formula is C46H45F5N4O4. The molecule has 4 aromatic carbocycles. The van der Waals surface area contributed by atoms with Crippen LogP contribution in [-0.4, -0.2) is 65.2 Å². The van der Waals surface area contributed by atoms with Crippen molar-refractivity contribution in [2.45, 2.75) is 89.7 Å². The van der Waals surface area contributed by atoms with Gasteiger partial charge in [0.05, 0.1) is 31.5 Å². The van der Waals surface area contributed by atoms with E-state index in [0.717, 1.165) is 48.6 Å². The first-order chi connectivity index (χ1) is 28.3. The number of aromatic nitrogens is 1. The number of halogens is 5. The highest BCUT2D eigenvalue weighted by molar-refractivity contribution is 5.98. The lowest BCUT2D eigenvalue weighted by atomic mass is 9.93. The van der Waals surface area contributed by atoms with Gasteiger partial charge >= 0.3 is 6.18 Å². The predicted molar refractivity (Wildman–Crippen MR) is 214 cm³/mol. The van der Waals surface area contributed by atoms with Crippen molar-refractivity contribution in [3.8, 4) is 28.6 Å². The van der Waals surface area contributed by atoms with E-state index in [1.54, 1.807) is 58.3 Å². The number of rotatable bonds is 10. The normalized spacial score (nSPS) is 21.4. The maximum atomic E-state index is 16.6. The smallest absolute Gasteiger partial charge is 0.417 e. The van der Waals surface area contributed by atoms with Crippen molar-refractivity contribution in [3.05, 3.63) is 136 Å². The molecule has 1 amide bonds. The number of methoxy groups -OCH3 is 2. The molecule has 8 nitrogen and oxygen atoms in total. The molecule has 13 heteroatoms. The third-order valence-corrected chi connectivity index (χ3v) is 12.1. The van der Waals surface area contributed by atoms with Gasteiger partial charge in [-0.15, -0.1) is 0 Å². The lowest BCUT2D eigenvalue weighted by molar-refractivity contribution is -0.137. The summed E-state index contributed by atoms with van der Waals surface area (Å²) in [5, 5.41) is 0. The molecular weight excluding hydrogens is 768 g/mol. The topological polar surface area (TPSA) is 67.4 Å². The van der Waals surface area contributed by atoms with Crippen LogP contribution in [0.4, 0.5) is 27.6 Å². The molecule has 59 heavy (non-hydrogen) atoms. The second-order valence-corrected chi connectivity index (χ2v) is 15.6. The van der Waals surface area contributed by atoms with Crippen LogP contribution in [0.25, 0.3) is 11.3 Å². The van der Waals surface area contributed by atoms with Crippen LogP contribution in [0.5, 0.6) is 17.4 Å². The predicted octanol–water partition coefficient (Wildman–Crippen LogP) is 9.61. The van der Waals surface area contributed by atoms with E-state index < -0.39 is 58.2 Å². The molecule has 2 fully saturated rings. The molecule has 0 spiro atoms. The number of pyridine rings is 1. The Kier molecular flexibility index (Phi) is 10.8. The Morgan fingerprint density at radius 1 is 0.814 bits per heavy atom. The Bertz CT molecular complexity index is 2290. The molecule has 5 atom stereocenters. The number of anilines is 1. The molecule has 2 bridgehead atoms. The summed E-state index contributed by atoms with van der Waals surface area (Å²) in [5.74, 6) is -1.85. The number of carbonyl (C=O) groups excluding carboxylic acids is 1. The van der Waals surface area contributed by atoms with E-state index in [1.165, 1.54) is 14.2 Å². The maximum absolute atomic E-state index is 16.6. The zero-order valence-electron chi connectivity index (χ0n) is 33.4. The van der Waals surface area contributed by atoms with Gasteiger partial charge in [0.2, 0.25) is 5.88 Å². The minimum absolute atomic E-state index is 0.0416. The van der Waals surface area contributed by atoms with Crippen LogP contribution < -0.4 is 19.1 Å². The number of carbonyl (C=O) groups is 1. The molecule has 0 saturated carbocycles. The Morgan fingerprint density at radius 3 is 1.98 bits per heavy atom. The van der Waals surface area contributed by atoms with Gasteiger partial charge in [-0.1, -0.05) is 54.6 Å². The first-order valence-corrected chi connectivity index (χ1v) is 19.7. The van der Waals surface area contributed by atoms with Gasteiger partial charge in [-0.25, -0.2) is 13.8 Å². The van der Waals surface area contributed by atoms with E-state index in [4.69, 9.17) is 14.2 Å². The van der Waals surface area contributed by atoms with Gasteiger partial charge in [-0.3, -0.25) is 9.69 Å². The number of hydrogen-bond donors (Lipinski definition) is 0. The Balaban J connectivity index is 1.22. The summed E-state index contributed by atoms with van der Waals surface area (Å²) in [6.45, 7) is 5.65. The number of alkyl halides is 3. The summed E-state index contributed by atoms with van der Waals surface area (Å²) in [7, 11) is 3.05. The minimum Gasteiger partial charge on any atom is -0.497 e. The summed E-state index contributed by atoms with van der Waals surface area (Å²) in [4.78, 5) is 24.6. The van der Waals surface area contributed by atoms with Crippen LogP contribution in [0.1, 0.15) is 64.9 Å². The lowest BCUT2D eigenvalue weighted by Gasteiger charge is -2.51. The van der Waals surface area contributed by atoms with Gasteiger partial charge in [0.15, 0.2) is 5.82 Å². The van der Waals surface area contributed by atoms with Crippen LogP contribution in [0.2, 0.25) is 0 Å². The fourth-order valence-corrected chi connectivity index (χ4v) is 9.31. The second-order valence-electron chi connectivity index (χ2n) is 15.6. The number of benzene rings is 4. The van der Waals surface area contributed by atoms with E-state index in [0.29, 0.717) is 18.0 Å². The third-order valence-electron chi connectivity index (χ3n) is 12.1. The number of piperazine rings is 1. The molecule has 5 aromatic rings. The fraction of sp³-hybridized carbons (Fsp3) is 0.348. The quantitative estimate of drug-likeness (QED) is 0.130. The first-order valence-electron chi connectivity index (χ1n) is 19.7. The van der Waals surface area contributed by atoms with Gasteiger partial charge in [0, 0.05) is 43.3 Å². The van der Waals surface area contributed by atoms with Gasteiger partial charge < -0.3 is 24.0 Å². The van der Waals surface area contributed by atoms with Crippen LogP contribution in [-0.2, 0) is 25.8 Å². The van der Waals surface area contributed by atoms with E-state index in [2.05, 4.69) is 22.0 Å². The van der Waals surface area contributed by atoms with E-state index >= 15 is 22.0 Å². The van der Waals surface area contributed by atoms with Crippen molar-refractivity contribution in [3.63, 3.8) is 0 Å². The third kappa shape index (κ3) is 7.45. The van der Waals surface area contributed by atoms with Crippen LogP contribution in [0.3, 0.4) is 0 Å². The molecule has 2 saturated heterocycles. The van der Waals surface area contributed by atoms with Crippen molar-refractivity contribution in [2.24, 2.45) is 0 Å². The lowest BCUT2D eigenvalue weighted by Crippen LogP contribution is -2.67. The van der Waals surface area contributed by atoms with Gasteiger partial charge in [0.25, 0.3) is 5.91 Å². The van der Waals surface area contributed by atoms with Gasteiger partial charge in [-0.2, -0.15) is 13.2 Å². The second kappa shape index (κ2) is 15.8. The van der Waals surface area contributed by atoms with Crippen molar-refractivity contribution in [1.82, 2.24) is 14.8 Å². The molecule has 0 unspecified atom stereocenters. The zero-order valence-corrected chi connectivity index (χ0v) is 33.4. The number of nitrogens with zero attached hydrogens (tertiary/aromatic N) is 4. The van der Waals surface area contributed by atoms with Gasteiger partial charge in [0.1, 0.15) is 34.7 Å². The Labute approximate surface area is 340 Å². The van der Waals surface area contributed by atoms with E-state index in [-0.39, 0.29) is 48.3 Å². The average Bonchev–Trinajstić information content (AvgIpc) is 3.50. The molecule has 308 valence electrons. The number of fused-ring (bicyclic) bond motifs is 5. The maximum Gasteiger partial charge on any atom is 0.417 e. The molecule has 3 aliphatic rings. The highest BCUT2D eigenvalue weighted by Crippen LogP contribution is 2.47. The van der Waals surface area contributed by atoms with Crippen molar-refractivity contribution in [1.29, 1.82) is 0 Å². The summed E-state index contributed by atoms with van der Waals surface area (Å²) in [5.41, 5.74) is -1.26. The summed E-state index contributed by atoms with van der Waals surface area (Å²) in [6.07, 6.45) is -4.07. The molecule has 0 aliphatic carbocycles. The van der Waals surface area contributed by atoms with Crippen LogP contribution in [0.15, 0.2) is 91.0 Å². The molecule has 3 aliphatic heterocycles. The summed E-state index contributed by atoms with van der Waals surface area (Å²) < 4.78 is 95.4. The SMILES string of the molecule is COc1ccc(CN(Cc2ccc(OC)cc2)c2cc(-c3nc4c(cc3F)C(=O)N3[C@H]([C@H](C)O4)[C@@H]4CC[C@H]([C@H]3C)N4Cc3ccccc3)c(C(F)(F)F)c(C)c2F)cc1. The number of amides is 1. The summed E-state index contributed by atoms with van der Waals surface area (Å²) in [6, 6.07) is 25.3. The number of ether oxygens (including phenoxy) is 3.